The molecule has 2 atom stereocenters. The first-order valence-electron chi connectivity index (χ1n) is 15.4. The van der Waals surface area contributed by atoms with E-state index in [0.717, 1.165) is 28.9 Å². The molecule has 47 heavy (non-hydrogen) atoms. The van der Waals surface area contributed by atoms with Gasteiger partial charge in [0, 0.05) is 50.8 Å². The number of likely N-dealkylation sites (N-methyl/N-ethyl adjacent to an activating group) is 1. The van der Waals surface area contributed by atoms with Gasteiger partial charge in [-0.25, -0.2) is 17.6 Å². The first-order valence-corrected chi connectivity index (χ1v) is 15.4. The van der Waals surface area contributed by atoms with Gasteiger partial charge in [-0.2, -0.15) is 0 Å². The molecule has 1 aliphatic heterocycles. The fourth-order valence-corrected chi connectivity index (χ4v) is 6.90. The molecule has 2 aliphatic rings. The van der Waals surface area contributed by atoms with Gasteiger partial charge in [0.15, 0.2) is 23.2 Å². The minimum absolute atomic E-state index is 0.00129. The zero-order chi connectivity index (χ0) is 34.0. The van der Waals surface area contributed by atoms with Crippen molar-refractivity contribution in [3.63, 3.8) is 0 Å². The van der Waals surface area contributed by atoms with Crippen LogP contribution < -0.4 is 20.3 Å². The van der Waals surface area contributed by atoms with Gasteiger partial charge in [0.25, 0.3) is 0 Å². The van der Waals surface area contributed by atoms with Gasteiger partial charge in [-0.1, -0.05) is 6.07 Å². The van der Waals surface area contributed by atoms with Crippen molar-refractivity contribution in [1.29, 1.82) is 0 Å². The number of carbonyl (C=O) groups excluding carboxylic acids is 2. The Balaban J connectivity index is 1.31. The van der Waals surface area contributed by atoms with Crippen LogP contribution in [0, 0.1) is 33.4 Å². The molecule has 250 valence electrons. The number of ether oxygens (including phenoxy) is 1. The van der Waals surface area contributed by atoms with E-state index in [-0.39, 0.29) is 47.7 Å². The minimum Gasteiger partial charge on any atom is -0.484 e. The van der Waals surface area contributed by atoms with Crippen LogP contribution in [-0.2, 0) is 21.4 Å². The standard InChI is InChI=1S/C34H36F4N4O5/c1-19(2)47-30-17-23(5-7-29(30)42(45)46)41-10-8-34(9-11-41)18-21(24-6-4-22(35)16-25(24)34)15-31(43)40-28(33(44)39-3)14-20-12-26(36)32(38)27(37)13-20/h4-7,12-13,16-17,19,21,28H,8-11,14-15,18H2,1-3H3,(H,39,44)(H,40,43)/t21?,28-/m1/s1. The molecule has 0 radical (unpaired) electrons. The Labute approximate surface area is 269 Å². The Kier molecular flexibility index (Phi) is 9.73. The van der Waals surface area contributed by atoms with E-state index in [9.17, 15) is 37.3 Å². The second-order valence-corrected chi connectivity index (χ2v) is 12.5. The number of hydrogen-bond donors (Lipinski definition) is 2. The first-order chi connectivity index (χ1) is 22.3. The maximum Gasteiger partial charge on any atom is 0.311 e. The molecule has 0 saturated carbocycles. The van der Waals surface area contributed by atoms with Crippen LogP contribution in [0.3, 0.4) is 0 Å². The van der Waals surface area contributed by atoms with Gasteiger partial charge >= 0.3 is 5.69 Å². The average molecular weight is 657 g/mol. The lowest BCUT2D eigenvalue weighted by Gasteiger charge is -2.41. The van der Waals surface area contributed by atoms with E-state index >= 15 is 0 Å². The molecule has 3 aromatic rings. The van der Waals surface area contributed by atoms with Gasteiger partial charge in [-0.15, -0.1) is 0 Å². The highest BCUT2D eigenvalue weighted by molar-refractivity contribution is 5.88. The Morgan fingerprint density at radius 1 is 1.04 bits per heavy atom. The summed E-state index contributed by atoms with van der Waals surface area (Å²) in [4.78, 5) is 39.1. The van der Waals surface area contributed by atoms with E-state index in [2.05, 4.69) is 15.5 Å². The number of halogens is 4. The summed E-state index contributed by atoms with van der Waals surface area (Å²) in [5.41, 5.74) is 1.92. The van der Waals surface area contributed by atoms with Gasteiger partial charge < -0.3 is 20.3 Å². The van der Waals surface area contributed by atoms with E-state index < -0.39 is 45.6 Å². The monoisotopic (exact) mass is 656 g/mol. The number of rotatable bonds is 10. The predicted molar refractivity (Wildman–Crippen MR) is 166 cm³/mol. The van der Waals surface area contributed by atoms with Crippen LogP contribution in [0.15, 0.2) is 48.5 Å². The number of hydrogen-bond acceptors (Lipinski definition) is 6. The Hall–Kier alpha value is -4.68. The second-order valence-electron chi connectivity index (χ2n) is 12.5. The van der Waals surface area contributed by atoms with Crippen LogP contribution in [0.2, 0.25) is 0 Å². The van der Waals surface area contributed by atoms with Crippen LogP contribution in [0.5, 0.6) is 5.75 Å². The highest BCUT2D eigenvalue weighted by atomic mass is 19.2. The quantitative estimate of drug-likeness (QED) is 0.123. The summed E-state index contributed by atoms with van der Waals surface area (Å²) in [6.07, 6.45) is 1.31. The lowest BCUT2D eigenvalue weighted by atomic mass is 9.73. The van der Waals surface area contributed by atoms with Gasteiger partial charge in [-0.05, 0) is 91.5 Å². The number of nitrogens with zero attached hydrogens (tertiary/aromatic N) is 2. The summed E-state index contributed by atoms with van der Waals surface area (Å²) >= 11 is 0. The average Bonchev–Trinajstić information content (AvgIpc) is 3.29. The van der Waals surface area contributed by atoms with E-state index in [1.807, 2.05) is 0 Å². The van der Waals surface area contributed by atoms with Crippen LogP contribution >= 0.6 is 0 Å². The maximum absolute atomic E-state index is 14.6. The third-order valence-corrected chi connectivity index (χ3v) is 9.07. The molecule has 9 nitrogen and oxygen atoms in total. The van der Waals surface area contributed by atoms with Crippen molar-refractivity contribution in [1.82, 2.24) is 10.6 Å². The Bertz CT molecular complexity index is 1670. The lowest BCUT2D eigenvalue weighted by Crippen LogP contribution is -2.47. The lowest BCUT2D eigenvalue weighted by molar-refractivity contribution is -0.386. The second kappa shape index (κ2) is 13.6. The molecule has 5 rings (SSSR count). The zero-order valence-corrected chi connectivity index (χ0v) is 26.2. The molecule has 1 spiro atoms. The molecule has 13 heteroatoms. The number of piperidine rings is 1. The van der Waals surface area contributed by atoms with Crippen molar-refractivity contribution in [3.8, 4) is 5.75 Å². The van der Waals surface area contributed by atoms with Crippen molar-refractivity contribution in [2.75, 3.05) is 25.0 Å². The van der Waals surface area contributed by atoms with Gasteiger partial charge in [0.1, 0.15) is 11.9 Å². The van der Waals surface area contributed by atoms with Gasteiger partial charge in [0.2, 0.25) is 11.8 Å². The molecular formula is C34H36F4N4O5. The molecule has 2 N–H and O–H groups in total. The van der Waals surface area contributed by atoms with Crippen molar-refractivity contribution in [2.45, 2.75) is 69.4 Å². The van der Waals surface area contributed by atoms with Crippen molar-refractivity contribution >= 4 is 23.2 Å². The summed E-state index contributed by atoms with van der Waals surface area (Å²) in [6.45, 7) is 4.75. The molecule has 0 aromatic heterocycles. The summed E-state index contributed by atoms with van der Waals surface area (Å²) in [5, 5.41) is 16.6. The summed E-state index contributed by atoms with van der Waals surface area (Å²) in [7, 11) is 1.36. The number of nitro benzene ring substituents is 1. The van der Waals surface area contributed by atoms with E-state index in [1.165, 1.54) is 25.2 Å². The molecule has 1 fully saturated rings. The third-order valence-electron chi connectivity index (χ3n) is 9.07. The highest BCUT2D eigenvalue weighted by Gasteiger charge is 2.46. The maximum atomic E-state index is 14.6. The fourth-order valence-electron chi connectivity index (χ4n) is 6.90. The molecule has 1 saturated heterocycles. The molecule has 2 amide bonds. The zero-order valence-electron chi connectivity index (χ0n) is 26.2. The third kappa shape index (κ3) is 7.18. The number of carbonyl (C=O) groups is 2. The number of anilines is 1. The number of amides is 2. The largest absolute Gasteiger partial charge is 0.484 e. The molecule has 1 unspecified atom stereocenters. The number of fused-ring (bicyclic) bond motifs is 2. The van der Waals surface area contributed by atoms with Crippen LogP contribution in [0.1, 0.15) is 62.1 Å². The molecule has 3 aromatic carbocycles. The Morgan fingerprint density at radius 3 is 2.34 bits per heavy atom. The summed E-state index contributed by atoms with van der Waals surface area (Å²) in [5.74, 6) is -5.96. The van der Waals surface area contributed by atoms with E-state index in [1.54, 1.807) is 32.0 Å². The molecule has 0 bridgehead atoms. The van der Waals surface area contributed by atoms with Crippen LogP contribution in [0.25, 0.3) is 0 Å². The van der Waals surface area contributed by atoms with Crippen LogP contribution in [0.4, 0.5) is 28.9 Å². The van der Waals surface area contributed by atoms with E-state index in [4.69, 9.17) is 4.74 Å². The highest BCUT2D eigenvalue weighted by Crippen LogP contribution is 2.53. The SMILES string of the molecule is CNC(=O)[C@@H](Cc1cc(F)c(F)c(F)c1)NC(=O)CC1CC2(CCN(c3ccc([N+](=O)[O-])c(OC(C)C)c3)CC2)c2cc(F)ccc21. The Morgan fingerprint density at radius 2 is 1.72 bits per heavy atom. The normalized spacial score (nSPS) is 17.4. The molecule has 1 heterocycles. The predicted octanol–water partition coefficient (Wildman–Crippen LogP) is 5.83. The van der Waals surface area contributed by atoms with Gasteiger partial charge in [-0.3, -0.25) is 19.7 Å². The van der Waals surface area contributed by atoms with Gasteiger partial charge in [0.05, 0.1) is 11.0 Å². The van der Waals surface area contributed by atoms with Crippen molar-refractivity contribution in [2.24, 2.45) is 0 Å². The molecule has 1 aliphatic carbocycles. The topological polar surface area (TPSA) is 114 Å². The fraction of sp³-hybridized carbons (Fsp3) is 0.412. The smallest absolute Gasteiger partial charge is 0.311 e. The molecular weight excluding hydrogens is 620 g/mol. The number of nitro groups is 1. The number of benzene rings is 3. The minimum atomic E-state index is -1.62. The van der Waals surface area contributed by atoms with Crippen LogP contribution in [-0.4, -0.2) is 49.0 Å². The first kappa shape index (κ1) is 33.7. The van der Waals surface area contributed by atoms with E-state index in [0.29, 0.717) is 32.4 Å². The van der Waals surface area contributed by atoms with Crippen molar-refractivity contribution in [3.05, 3.63) is 98.6 Å². The number of nitrogens with one attached hydrogen (secondary N) is 2. The van der Waals surface area contributed by atoms with Crippen molar-refractivity contribution < 1.29 is 36.8 Å². The summed E-state index contributed by atoms with van der Waals surface area (Å²) < 4.78 is 61.4. The summed E-state index contributed by atoms with van der Waals surface area (Å²) in [6, 6.07) is 9.76.